The SMILES string of the molecule is COc1ccccc1N=C1NC2=C(CN(C)CC2)S12OC(=O)C=CC(=O)O2. The Bertz CT molecular complexity index is 888. The number of methoxy groups -OCH3 is 1. The molecule has 0 unspecified atom stereocenters. The number of nitrogens with zero attached hydrogens (tertiary/aromatic N) is 2. The van der Waals surface area contributed by atoms with E-state index in [-0.39, 0.29) is 0 Å². The molecule has 0 bridgehead atoms. The van der Waals surface area contributed by atoms with Gasteiger partial charge in [-0.3, -0.25) is 0 Å². The maximum atomic E-state index is 12.2. The van der Waals surface area contributed by atoms with Crippen LogP contribution in [0.1, 0.15) is 6.42 Å². The van der Waals surface area contributed by atoms with Crippen molar-refractivity contribution in [2.24, 2.45) is 4.99 Å². The van der Waals surface area contributed by atoms with E-state index in [9.17, 15) is 9.59 Å². The fraction of sp³-hybridized carbons (Fsp3) is 0.278. The van der Waals surface area contributed by atoms with Crippen molar-refractivity contribution in [3.8, 4) is 5.75 Å². The van der Waals surface area contributed by atoms with Crippen LogP contribution < -0.4 is 10.1 Å². The van der Waals surface area contributed by atoms with Gasteiger partial charge in [0, 0.05) is 37.4 Å². The molecule has 1 spiro atoms. The predicted molar refractivity (Wildman–Crippen MR) is 101 cm³/mol. The van der Waals surface area contributed by atoms with Crippen molar-refractivity contribution in [2.75, 3.05) is 27.2 Å². The maximum Gasteiger partial charge on any atom is 0.354 e. The average molecular weight is 389 g/mol. The summed E-state index contributed by atoms with van der Waals surface area (Å²) in [7, 11) is 0.681. The Kier molecular flexibility index (Phi) is 4.40. The van der Waals surface area contributed by atoms with Gasteiger partial charge in [-0.15, -0.1) is 0 Å². The molecule has 0 saturated carbocycles. The Balaban J connectivity index is 1.85. The smallest absolute Gasteiger partial charge is 0.354 e. The van der Waals surface area contributed by atoms with Gasteiger partial charge in [-0.05, 0) is 29.8 Å². The first-order valence-electron chi connectivity index (χ1n) is 8.39. The summed E-state index contributed by atoms with van der Waals surface area (Å²) in [5, 5.41) is 3.56. The molecule has 4 rings (SSSR count). The van der Waals surface area contributed by atoms with Gasteiger partial charge in [-0.2, -0.15) is 0 Å². The lowest BCUT2D eigenvalue weighted by Crippen LogP contribution is -2.30. The van der Waals surface area contributed by atoms with E-state index in [4.69, 9.17) is 13.1 Å². The molecule has 142 valence electrons. The normalized spacial score (nSPS) is 24.1. The largest absolute Gasteiger partial charge is 0.494 e. The van der Waals surface area contributed by atoms with Crippen LogP contribution in [0.25, 0.3) is 0 Å². The minimum atomic E-state index is -2.84. The van der Waals surface area contributed by atoms with E-state index >= 15 is 0 Å². The number of rotatable bonds is 2. The molecular formula is C18H19N3O5S. The molecule has 0 amide bonds. The fourth-order valence-electron chi connectivity index (χ4n) is 3.09. The molecular weight excluding hydrogens is 370 g/mol. The number of hydrogen-bond donors (Lipinski definition) is 1. The van der Waals surface area contributed by atoms with Crippen molar-refractivity contribution in [3.05, 3.63) is 47.0 Å². The highest BCUT2D eigenvalue weighted by Gasteiger charge is 2.48. The summed E-state index contributed by atoms with van der Waals surface area (Å²) in [5.41, 5.74) is 1.44. The zero-order valence-electron chi connectivity index (χ0n) is 14.9. The van der Waals surface area contributed by atoms with Crippen molar-refractivity contribution in [1.29, 1.82) is 0 Å². The van der Waals surface area contributed by atoms with Crippen LogP contribution in [0.4, 0.5) is 5.69 Å². The third-order valence-electron chi connectivity index (χ3n) is 4.39. The molecule has 9 heteroatoms. The summed E-state index contributed by atoms with van der Waals surface area (Å²) in [4.78, 5) is 31.9. The molecule has 0 atom stereocenters. The third kappa shape index (κ3) is 3.08. The number of ether oxygens (including phenoxy) is 1. The number of nitrogens with one attached hydrogen (secondary N) is 1. The molecule has 0 fully saturated rings. The number of hydrogen-bond acceptors (Lipinski definition) is 7. The quantitative estimate of drug-likeness (QED) is 0.829. The van der Waals surface area contributed by atoms with Crippen molar-refractivity contribution in [3.63, 3.8) is 0 Å². The molecule has 1 aromatic rings. The van der Waals surface area contributed by atoms with Gasteiger partial charge in [0.2, 0.25) is 5.17 Å². The first-order chi connectivity index (χ1) is 13.0. The zero-order valence-corrected chi connectivity index (χ0v) is 15.7. The second-order valence-electron chi connectivity index (χ2n) is 6.24. The lowest BCUT2D eigenvalue weighted by atomic mass is 10.2. The molecule has 1 N–H and O–H groups in total. The summed E-state index contributed by atoms with van der Waals surface area (Å²) in [6, 6.07) is 7.22. The average Bonchev–Trinajstić information content (AvgIpc) is 2.82. The van der Waals surface area contributed by atoms with Crippen molar-refractivity contribution < 1.29 is 22.7 Å². The van der Waals surface area contributed by atoms with Crippen molar-refractivity contribution in [1.82, 2.24) is 10.2 Å². The molecule has 8 nitrogen and oxygen atoms in total. The van der Waals surface area contributed by atoms with E-state index in [1.54, 1.807) is 19.2 Å². The molecule has 0 saturated heterocycles. The molecule has 3 heterocycles. The Morgan fingerprint density at radius 3 is 2.59 bits per heavy atom. The Labute approximate surface area is 158 Å². The topological polar surface area (TPSA) is 89.5 Å². The van der Waals surface area contributed by atoms with Gasteiger partial charge in [-0.1, -0.05) is 12.1 Å². The second-order valence-corrected chi connectivity index (χ2v) is 8.46. The van der Waals surface area contributed by atoms with E-state index in [2.05, 4.69) is 15.2 Å². The summed E-state index contributed by atoms with van der Waals surface area (Å²) < 4.78 is 16.8. The van der Waals surface area contributed by atoms with Crippen LogP contribution >= 0.6 is 10.6 Å². The van der Waals surface area contributed by atoms with Gasteiger partial charge >= 0.3 is 11.9 Å². The number of carbonyl (C=O) groups is 2. The molecule has 0 aliphatic carbocycles. The first-order valence-corrected chi connectivity index (χ1v) is 9.88. The number of carbonyl (C=O) groups excluding carboxylic acids is 2. The fourth-order valence-corrected chi connectivity index (χ4v) is 5.64. The van der Waals surface area contributed by atoms with Crippen LogP contribution in [0.15, 0.2) is 52.0 Å². The Hall–Kier alpha value is -2.78. The first kappa shape index (κ1) is 17.6. The molecule has 3 aliphatic heterocycles. The van der Waals surface area contributed by atoms with Crippen LogP contribution in [0, 0.1) is 0 Å². The lowest BCUT2D eigenvalue weighted by molar-refractivity contribution is -0.129. The lowest BCUT2D eigenvalue weighted by Gasteiger charge is -2.39. The Morgan fingerprint density at radius 1 is 1.19 bits per heavy atom. The number of aliphatic imine (C=N–C) groups is 1. The van der Waals surface area contributed by atoms with Gasteiger partial charge in [0.25, 0.3) is 0 Å². The zero-order chi connectivity index (χ0) is 19.0. The third-order valence-corrected chi connectivity index (χ3v) is 6.92. The van der Waals surface area contributed by atoms with Crippen LogP contribution in [-0.2, 0) is 18.0 Å². The number of likely N-dealkylation sites (N-methyl/N-ethyl adjacent to an activating group) is 1. The van der Waals surface area contributed by atoms with Crippen molar-refractivity contribution in [2.45, 2.75) is 6.42 Å². The van der Waals surface area contributed by atoms with Crippen molar-refractivity contribution >= 4 is 33.4 Å². The van der Waals surface area contributed by atoms with E-state index in [1.807, 2.05) is 19.2 Å². The number of fused-ring (bicyclic) bond motifs is 1. The minimum absolute atomic E-state index is 0.317. The van der Waals surface area contributed by atoms with E-state index < -0.39 is 22.5 Å². The van der Waals surface area contributed by atoms with Gasteiger partial charge in [0.1, 0.15) is 11.4 Å². The predicted octanol–water partition coefficient (Wildman–Crippen LogP) is 2.12. The summed E-state index contributed by atoms with van der Waals surface area (Å²) in [5.74, 6) is -0.701. The molecule has 1 aromatic carbocycles. The minimum Gasteiger partial charge on any atom is -0.494 e. The van der Waals surface area contributed by atoms with E-state index in [0.717, 1.165) is 29.3 Å². The van der Waals surface area contributed by atoms with Gasteiger partial charge in [0.05, 0.1) is 12.0 Å². The Morgan fingerprint density at radius 2 is 1.89 bits per heavy atom. The van der Waals surface area contributed by atoms with E-state index in [1.165, 1.54) is 0 Å². The number of amidine groups is 1. The maximum absolute atomic E-state index is 12.2. The number of para-hydroxylation sites is 2. The molecule has 0 radical (unpaired) electrons. The molecule has 0 aromatic heterocycles. The molecule has 27 heavy (non-hydrogen) atoms. The summed E-state index contributed by atoms with van der Waals surface area (Å²) in [6.45, 7) is 1.35. The second kappa shape index (κ2) is 6.75. The molecule has 3 aliphatic rings. The standard InChI is InChI=1S/C18H19N3O5S/c1-21-10-9-13-15(11-21)27(25-16(22)7-8-17(23)26-27)18(20-13)19-12-5-3-4-6-14(12)24-2/h3-8H,9-11H2,1-2H3,(H,19,20). The van der Waals surface area contributed by atoms with Gasteiger partial charge in [-0.25, -0.2) is 14.6 Å². The van der Waals surface area contributed by atoms with E-state index in [0.29, 0.717) is 29.6 Å². The highest BCUT2D eigenvalue weighted by atomic mass is 32.3. The van der Waals surface area contributed by atoms with Crippen LogP contribution in [0.2, 0.25) is 0 Å². The number of benzene rings is 1. The summed E-state index contributed by atoms with van der Waals surface area (Å²) >= 11 is 0. The van der Waals surface area contributed by atoms with Crippen LogP contribution in [0.3, 0.4) is 0 Å². The highest BCUT2D eigenvalue weighted by Crippen LogP contribution is 2.64. The van der Waals surface area contributed by atoms with Crippen LogP contribution in [0.5, 0.6) is 5.75 Å². The monoisotopic (exact) mass is 389 g/mol. The van der Waals surface area contributed by atoms with Gasteiger partial charge < -0.3 is 23.3 Å². The highest BCUT2D eigenvalue weighted by molar-refractivity contribution is 8.42. The van der Waals surface area contributed by atoms with Crippen LogP contribution in [-0.4, -0.2) is 49.3 Å². The van der Waals surface area contributed by atoms with Gasteiger partial charge in [0.15, 0.2) is 0 Å². The summed E-state index contributed by atoms with van der Waals surface area (Å²) in [6.07, 6.45) is 2.87.